The molecule has 3 N–H and O–H groups in total. The molecule has 1 amide bonds. The number of carbonyl (C=O) groups excluding carboxylic acids is 1. The molecule has 9 nitrogen and oxygen atoms in total. The maximum atomic E-state index is 12.6. The number of nitrogens with zero attached hydrogens (tertiary/aromatic N) is 2. The van der Waals surface area contributed by atoms with Crippen molar-refractivity contribution in [1.82, 2.24) is 19.9 Å². The fourth-order valence-electron chi connectivity index (χ4n) is 3.23. The summed E-state index contributed by atoms with van der Waals surface area (Å²) < 4.78 is 6.12. The van der Waals surface area contributed by atoms with E-state index in [0.717, 1.165) is 10.1 Å². The SMILES string of the molecule is COc1cncc([C@H](NC(=O)Cc2c[nH]c(=O)n(C)c2=O)C2CC(O)C2)c1. The number of carbonyl (C=O) groups is 1. The van der Waals surface area contributed by atoms with Gasteiger partial charge in [0.2, 0.25) is 5.91 Å². The minimum absolute atomic E-state index is 0.0660. The van der Waals surface area contributed by atoms with E-state index in [4.69, 9.17) is 4.74 Å². The van der Waals surface area contributed by atoms with Gasteiger partial charge in [0.05, 0.1) is 31.9 Å². The Labute approximate surface area is 155 Å². The monoisotopic (exact) mass is 374 g/mol. The van der Waals surface area contributed by atoms with Crippen LogP contribution in [-0.4, -0.2) is 38.8 Å². The average Bonchev–Trinajstić information content (AvgIpc) is 2.64. The molecule has 0 saturated heterocycles. The summed E-state index contributed by atoms with van der Waals surface area (Å²) in [5.41, 5.74) is -0.0692. The van der Waals surface area contributed by atoms with Crippen LogP contribution in [-0.2, 0) is 18.3 Å². The van der Waals surface area contributed by atoms with Crippen LogP contribution < -0.4 is 21.3 Å². The van der Waals surface area contributed by atoms with E-state index in [0.29, 0.717) is 18.6 Å². The number of hydrogen-bond donors (Lipinski definition) is 3. The first-order valence-electron chi connectivity index (χ1n) is 8.63. The van der Waals surface area contributed by atoms with Gasteiger partial charge in [-0.1, -0.05) is 0 Å². The Morgan fingerprint density at radius 3 is 2.85 bits per heavy atom. The third-order valence-corrected chi connectivity index (χ3v) is 4.87. The summed E-state index contributed by atoms with van der Waals surface area (Å²) in [5, 5.41) is 12.6. The lowest BCUT2D eigenvalue weighted by atomic mass is 9.75. The van der Waals surface area contributed by atoms with Gasteiger partial charge in [0.25, 0.3) is 5.56 Å². The number of aliphatic hydroxyl groups is 1. The Bertz CT molecular complexity index is 945. The van der Waals surface area contributed by atoms with Gasteiger partial charge in [-0.2, -0.15) is 0 Å². The van der Waals surface area contributed by atoms with Crippen molar-refractivity contribution in [2.45, 2.75) is 31.4 Å². The molecular weight excluding hydrogens is 352 g/mol. The van der Waals surface area contributed by atoms with E-state index in [1.807, 2.05) is 0 Å². The number of nitrogens with one attached hydrogen (secondary N) is 2. The van der Waals surface area contributed by atoms with Crippen LogP contribution in [0.2, 0.25) is 0 Å². The van der Waals surface area contributed by atoms with Crippen LogP contribution in [0.4, 0.5) is 0 Å². The van der Waals surface area contributed by atoms with E-state index in [-0.39, 0.29) is 36.0 Å². The number of rotatable bonds is 6. The molecule has 0 radical (unpaired) electrons. The molecule has 144 valence electrons. The third-order valence-electron chi connectivity index (χ3n) is 4.87. The van der Waals surface area contributed by atoms with Crippen LogP contribution in [0, 0.1) is 5.92 Å². The molecule has 0 bridgehead atoms. The molecule has 9 heteroatoms. The predicted octanol–water partition coefficient (Wildman–Crippen LogP) is -0.352. The Morgan fingerprint density at radius 2 is 2.19 bits per heavy atom. The molecule has 2 heterocycles. The van der Waals surface area contributed by atoms with Gasteiger partial charge in [-0.3, -0.25) is 19.1 Å². The zero-order valence-electron chi connectivity index (χ0n) is 15.1. The standard InChI is InChI=1S/C18H22N4O5/c1-22-17(25)12(8-20-18(22)26)6-15(24)21-16(10-3-13(23)4-10)11-5-14(27-2)9-19-7-11/h5,7-10,13,16,23H,3-4,6H2,1-2H3,(H,20,26)(H,21,24)/t10?,13?,16-/m1/s1. The van der Waals surface area contributed by atoms with Crippen LogP contribution in [0.3, 0.4) is 0 Å². The highest BCUT2D eigenvalue weighted by Gasteiger charge is 2.36. The zero-order valence-corrected chi connectivity index (χ0v) is 15.1. The predicted molar refractivity (Wildman–Crippen MR) is 96.4 cm³/mol. The summed E-state index contributed by atoms with van der Waals surface area (Å²) in [4.78, 5) is 42.7. The van der Waals surface area contributed by atoms with Gasteiger partial charge in [0, 0.05) is 25.0 Å². The fourth-order valence-corrected chi connectivity index (χ4v) is 3.23. The number of pyridine rings is 1. The number of H-pyrrole nitrogens is 1. The van der Waals surface area contributed by atoms with Crippen molar-refractivity contribution in [3.63, 3.8) is 0 Å². The summed E-state index contributed by atoms with van der Waals surface area (Å²) >= 11 is 0. The zero-order chi connectivity index (χ0) is 19.6. The largest absolute Gasteiger partial charge is 0.495 e. The van der Waals surface area contributed by atoms with Gasteiger partial charge >= 0.3 is 5.69 Å². The lowest BCUT2D eigenvalue weighted by molar-refractivity contribution is -0.122. The lowest BCUT2D eigenvalue weighted by Gasteiger charge is -2.38. The van der Waals surface area contributed by atoms with E-state index in [2.05, 4.69) is 15.3 Å². The Hall–Kier alpha value is -2.94. The first-order valence-corrected chi connectivity index (χ1v) is 8.63. The van der Waals surface area contributed by atoms with Crippen molar-refractivity contribution >= 4 is 5.91 Å². The molecule has 3 rings (SSSR count). The summed E-state index contributed by atoms with van der Waals surface area (Å²) in [6, 6.07) is 1.44. The summed E-state index contributed by atoms with van der Waals surface area (Å²) in [6.45, 7) is 0. The number of aromatic amines is 1. The van der Waals surface area contributed by atoms with E-state index in [1.54, 1.807) is 18.5 Å². The molecule has 0 aliphatic heterocycles. The second-order valence-corrected chi connectivity index (χ2v) is 6.75. The second-order valence-electron chi connectivity index (χ2n) is 6.75. The molecule has 0 spiro atoms. The van der Waals surface area contributed by atoms with Crippen molar-refractivity contribution < 1.29 is 14.6 Å². The number of methoxy groups -OCH3 is 1. The topological polar surface area (TPSA) is 126 Å². The van der Waals surface area contributed by atoms with Crippen LogP contribution >= 0.6 is 0 Å². The molecule has 2 aromatic heterocycles. The van der Waals surface area contributed by atoms with E-state index in [9.17, 15) is 19.5 Å². The minimum atomic E-state index is -0.534. The van der Waals surface area contributed by atoms with Crippen molar-refractivity contribution in [1.29, 1.82) is 0 Å². The number of ether oxygens (including phenoxy) is 1. The van der Waals surface area contributed by atoms with E-state index < -0.39 is 11.2 Å². The van der Waals surface area contributed by atoms with Crippen LogP contribution in [0.25, 0.3) is 0 Å². The lowest BCUT2D eigenvalue weighted by Crippen LogP contribution is -2.43. The molecule has 27 heavy (non-hydrogen) atoms. The van der Waals surface area contributed by atoms with E-state index >= 15 is 0 Å². The van der Waals surface area contributed by atoms with Gasteiger partial charge in [-0.15, -0.1) is 0 Å². The highest BCUT2D eigenvalue weighted by atomic mass is 16.5. The van der Waals surface area contributed by atoms with Gasteiger partial charge < -0.3 is 20.1 Å². The summed E-state index contributed by atoms with van der Waals surface area (Å²) in [7, 11) is 2.89. The first kappa shape index (κ1) is 18.8. The van der Waals surface area contributed by atoms with Gasteiger partial charge in [0.15, 0.2) is 0 Å². The molecule has 0 unspecified atom stereocenters. The highest BCUT2D eigenvalue weighted by molar-refractivity contribution is 5.78. The van der Waals surface area contributed by atoms with Crippen molar-refractivity contribution in [2.24, 2.45) is 13.0 Å². The van der Waals surface area contributed by atoms with Crippen LogP contribution in [0.5, 0.6) is 5.75 Å². The average molecular weight is 374 g/mol. The minimum Gasteiger partial charge on any atom is -0.495 e. The molecule has 1 saturated carbocycles. The van der Waals surface area contributed by atoms with Crippen molar-refractivity contribution in [3.05, 3.63) is 56.6 Å². The molecule has 1 aliphatic rings. The number of amides is 1. The van der Waals surface area contributed by atoms with Gasteiger partial charge in [-0.25, -0.2) is 4.79 Å². The Morgan fingerprint density at radius 1 is 1.44 bits per heavy atom. The fraction of sp³-hybridized carbons (Fsp3) is 0.444. The molecule has 2 aromatic rings. The van der Waals surface area contributed by atoms with Crippen LogP contribution in [0.1, 0.15) is 30.0 Å². The van der Waals surface area contributed by atoms with E-state index in [1.165, 1.54) is 20.4 Å². The number of aliphatic hydroxyl groups excluding tert-OH is 1. The highest BCUT2D eigenvalue weighted by Crippen LogP contribution is 2.38. The van der Waals surface area contributed by atoms with Gasteiger partial charge in [0.1, 0.15) is 5.75 Å². The molecule has 1 fully saturated rings. The Balaban J connectivity index is 1.79. The molecule has 1 aliphatic carbocycles. The van der Waals surface area contributed by atoms with Gasteiger partial charge in [-0.05, 0) is 30.4 Å². The number of hydrogen-bond acceptors (Lipinski definition) is 6. The van der Waals surface area contributed by atoms with Crippen LogP contribution in [0.15, 0.2) is 34.2 Å². The summed E-state index contributed by atoms with van der Waals surface area (Å²) in [5.74, 6) is 0.283. The van der Waals surface area contributed by atoms with Crippen molar-refractivity contribution in [3.8, 4) is 5.75 Å². The Kier molecular flexibility index (Phi) is 5.41. The van der Waals surface area contributed by atoms with Crippen molar-refractivity contribution in [2.75, 3.05) is 7.11 Å². The third kappa shape index (κ3) is 4.08. The normalized spacial score (nSPS) is 19.8. The molecular formula is C18H22N4O5. The maximum absolute atomic E-state index is 12.6. The first-order chi connectivity index (χ1) is 12.9. The maximum Gasteiger partial charge on any atom is 0.328 e. The summed E-state index contributed by atoms with van der Waals surface area (Å²) in [6.07, 6.45) is 5.09. The second kappa shape index (κ2) is 7.75. The molecule has 0 aromatic carbocycles. The quantitative estimate of drug-likeness (QED) is 0.634. The smallest absolute Gasteiger partial charge is 0.328 e. The molecule has 1 atom stereocenters. The number of aromatic nitrogens is 3.